The molecular formula is C17H26. The van der Waals surface area contributed by atoms with Crippen molar-refractivity contribution in [2.24, 2.45) is 5.92 Å². The maximum Gasteiger partial charge on any atom is -0.0190 e. The molecule has 1 aromatic rings. The van der Waals surface area contributed by atoms with Gasteiger partial charge >= 0.3 is 0 Å². The van der Waals surface area contributed by atoms with Crippen LogP contribution < -0.4 is 0 Å². The minimum atomic E-state index is 0.668. The van der Waals surface area contributed by atoms with E-state index in [2.05, 4.69) is 57.7 Å². The van der Waals surface area contributed by atoms with Gasteiger partial charge in [0.25, 0.3) is 0 Å². The van der Waals surface area contributed by atoms with E-state index in [4.69, 9.17) is 0 Å². The molecule has 1 rings (SSSR count). The molecular weight excluding hydrogens is 204 g/mol. The first-order chi connectivity index (χ1) is 8.15. The van der Waals surface area contributed by atoms with Crippen molar-refractivity contribution in [3.8, 4) is 0 Å². The molecule has 0 spiro atoms. The zero-order valence-corrected chi connectivity index (χ0v) is 11.6. The predicted molar refractivity (Wildman–Crippen MR) is 77.3 cm³/mol. The Balaban J connectivity index is 2.30. The van der Waals surface area contributed by atoms with Gasteiger partial charge in [0, 0.05) is 0 Å². The average Bonchev–Trinajstić information content (AvgIpc) is 2.38. The standard InChI is InChI=1S/C17H26/c1-5-14(2)15(3)10-9-11-16(4)17-12-7-6-8-13-17/h6-8,12-14,16H,3,5,9-11H2,1-2,4H3. The van der Waals surface area contributed by atoms with Crippen LogP contribution in [0.2, 0.25) is 0 Å². The van der Waals surface area contributed by atoms with Crippen LogP contribution in [0.1, 0.15) is 57.9 Å². The first-order valence-corrected chi connectivity index (χ1v) is 6.87. The lowest BCUT2D eigenvalue weighted by Crippen LogP contribution is -1.98. The number of allylic oxidation sites excluding steroid dienone is 1. The molecule has 0 aliphatic carbocycles. The third kappa shape index (κ3) is 4.77. The van der Waals surface area contributed by atoms with Gasteiger partial charge in [-0.25, -0.2) is 0 Å². The van der Waals surface area contributed by atoms with E-state index in [0.717, 1.165) is 0 Å². The van der Waals surface area contributed by atoms with Gasteiger partial charge in [0.15, 0.2) is 0 Å². The summed E-state index contributed by atoms with van der Waals surface area (Å²) in [5, 5.41) is 0. The minimum Gasteiger partial charge on any atom is -0.0996 e. The molecule has 0 bridgehead atoms. The van der Waals surface area contributed by atoms with Crippen molar-refractivity contribution in [3.05, 3.63) is 48.0 Å². The smallest absolute Gasteiger partial charge is 0.0190 e. The van der Waals surface area contributed by atoms with Gasteiger partial charge in [-0.2, -0.15) is 0 Å². The lowest BCUT2D eigenvalue weighted by Gasteiger charge is -2.15. The van der Waals surface area contributed by atoms with Gasteiger partial charge in [-0.3, -0.25) is 0 Å². The fourth-order valence-corrected chi connectivity index (χ4v) is 2.12. The van der Waals surface area contributed by atoms with Gasteiger partial charge in [0.1, 0.15) is 0 Å². The third-order valence-electron chi connectivity index (χ3n) is 3.81. The lowest BCUT2D eigenvalue weighted by atomic mass is 9.91. The molecule has 0 N–H and O–H groups in total. The summed E-state index contributed by atoms with van der Waals surface area (Å²) in [4.78, 5) is 0. The zero-order chi connectivity index (χ0) is 12.7. The summed E-state index contributed by atoms with van der Waals surface area (Å²) in [6.07, 6.45) is 4.93. The van der Waals surface area contributed by atoms with Gasteiger partial charge in [0.2, 0.25) is 0 Å². The van der Waals surface area contributed by atoms with Crippen LogP contribution in [0.3, 0.4) is 0 Å². The highest BCUT2D eigenvalue weighted by atomic mass is 14.1. The van der Waals surface area contributed by atoms with Crippen LogP contribution in [0.25, 0.3) is 0 Å². The Labute approximate surface area is 107 Å². The molecule has 0 radical (unpaired) electrons. The maximum absolute atomic E-state index is 4.20. The fourth-order valence-electron chi connectivity index (χ4n) is 2.12. The van der Waals surface area contributed by atoms with Crippen molar-refractivity contribution in [3.63, 3.8) is 0 Å². The van der Waals surface area contributed by atoms with Crippen LogP contribution in [0.4, 0.5) is 0 Å². The Morgan fingerprint density at radius 1 is 1.18 bits per heavy atom. The summed E-state index contributed by atoms with van der Waals surface area (Å²) in [6, 6.07) is 10.8. The largest absolute Gasteiger partial charge is 0.0996 e. The van der Waals surface area contributed by atoms with Crippen molar-refractivity contribution in [2.45, 2.75) is 52.4 Å². The van der Waals surface area contributed by atoms with E-state index in [1.165, 1.54) is 36.8 Å². The summed E-state index contributed by atoms with van der Waals surface area (Å²) >= 11 is 0. The van der Waals surface area contributed by atoms with Crippen molar-refractivity contribution in [2.75, 3.05) is 0 Å². The van der Waals surface area contributed by atoms with Crippen LogP contribution in [0, 0.1) is 5.92 Å². The van der Waals surface area contributed by atoms with Crippen LogP contribution in [0.15, 0.2) is 42.5 Å². The van der Waals surface area contributed by atoms with E-state index >= 15 is 0 Å². The highest BCUT2D eigenvalue weighted by molar-refractivity contribution is 5.18. The second kappa shape index (κ2) is 7.32. The number of hydrogen-bond acceptors (Lipinski definition) is 0. The van der Waals surface area contributed by atoms with Gasteiger partial charge < -0.3 is 0 Å². The molecule has 0 nitrogen and oxygen atoms in total. The molecule has 17 heavy (non-hydrogen) atoms. The molecule has 1 aromatic carbocycles. The Bertz CT molecular complexity index is 323. The Morgan fingerprint density at radius 2 is 1.82 bits per heavy atom. The van der Waals surface area contributed by atoms with Crippen molar-refractivity contribution >= 4 is 0 Å². The molecule has 94 valence electrons. The molecule has 0 saturated carbocycles. The molecule has 0 heteroatoms. The van der Waals surface area contributed by atoms with E-state index in [-0.39, 0.29) is 0 Å². The minimum absolute atomic E-state index is 0.668. The van der Waals surface area contributed by atoms with Gasteiger partial charge in [0.05, 0.1) is 0 Å². The highest BCUT2D eigenvalue weighted by Gasteiger charge is 2.07. The summed E-state index contributed by atoms with van der Waals surface area (Å²) in [6.45, 7) is 11.0. The molecule has 0 aromatic heterocycles. The molecule has 0 aliphatic rings. The normalized spacial score (nSPS) is 14.3. The first kappa shape index (κ1) is 14.0. The molecule has 0 amide bonds. The van der Waals surface area contributed by atoms with E-state index in [1.54, 1.807) is 0 Å². The lowest BCUT2D eigenvalue weighted by molar-refractivity contribution is 0.576. The second-order valence-electron chi connectivity index (χ2n) is 5.17. The van der Waals surface area contributed by atoms with Crippen molar-refractivity contribution in [1.82, 2.24) is 0 Å². The van der Waals surface area contributed by atoms with Crippen molar-refractivity contribution < 1.29 is 0 Å². The fraction of sp³-hybridized carbons (Fsp3) is 0.529. The van der Waals surface area contributed by atoms with Gasteiger partial charge in [-0.1, -0.05) is 63.3 Å². The number of benzene rings is 1. The van der Waals surface area contributed by atoms with Gasteiger partial charge in [-0.15, -0.1) is 0 Å². The zero-order valence-electron chi connectivity index (χ0n) is 11.6. The Kier molecular flexibility index (Phi) is 6.04. The van der Waals surface area contributed by atoms with E-state index in [1.807, 2.05) is 0 Å². The monoisotopic (exact) mass is 230 g/mol. The molecule has 0 fully saturated rings. The average molecular weight is 230 g/mol. The number of hydrogen-bond donors (Lipinski definition) is 0. The number of rotatable bonds is 7. The van der Waals surface area contributed by atoms with Crippen LogP contribution >= 0.6 is 0 Å². The summed E-state index contributed by atoms with van der Waals surface area (Å²) in [5.74, 6) is 1.35. The maximum atomic E-state index is 4.20. The molecule has 0 heterocycles. The topological polar surface area (TPSA) is 0 Å². The summed E-state index contributed by atoms with van der Waals surface area (Å²) < 4.78 is 0. The highest BCUT2D eigenvalue weighted by Crippen LogP contribution is 2.24. The molecule has 2 unspecified atom stereocenters. The Morgan fingerprint density at radius 3 is 2.41 bits per heavy atom. The van der Waals surface area contributed by atoms with E-state index in [0.29, 0.717) is 11.8 Å². The SMILES string of the molecule is C=C(CCCC(C)c1ccccc1)C(C)CC. The quantitative estimate of drug-likeness (QED) is 0.538. The predicted octanol–water partition coefficient (Wildman–Crippen LogP) is 5.56. The molecule has 0 aliphatic heterocycles. The second-order valence-corrected chi connectivity index (χ2v) is 5.17. The van der Waals surface area contributed by atoms with Crippen molar-refractivity contribution in [1.29, 1.82) is 0 Å². The molecule has 2 atom stereocenters. The first-order valence-electron chi connectivity index (χ1n) is 6.87. The van der Waals surface area contributed by atoms with Crippen LogP contribution in [0.5, 0.6) is 0 Å². The Hall–Kier alpha value is -1.04. The van der Waals surface area contributed by atoms with E-state index < -0.39 is 0 Å². The summed E-state index contributed by atoms with van der Waals surface area (Å²) in [5.41, 5.74) is 2.88. The van der Waals surface area contributed by atoms with Crippen LogP contribution in [-0.4, -0.2) is 0 Å². The third-order valence-corrected chi connectivity index (χ3v) is 3.81. The van der Waals surface area contributed by atoms with E-state index in [9.17, 15) is 0 Å². The van der Waals surface area contributed by atoms with Crippen LogP contribution in [-0.2, 0) is 0 Å². The molecule has 0 saturated heterocycles. The summed E-state index contributed by atoms with van der Waals surface area (Å²) in [7, 11) is 0. The van der Waals surface area contributed by atoms with Gasteiger partial charge in [-0.05, 0) is 43.1 Å².